The van der Waals surface area contributed by atoms with Crippen LogP contribution in [-0.2, 0) is 11.3 Å². The van der Waals surface area contributed by atoms with E-state index in [0.29, 0.717) is 12.0 Å². The van der Waals surface area contributed by atoms with Gasteiger partial charge in [0, 0.05) is 24.9 Å². The van der Waals surface area contributed by atoms with Crippen LogP contribution in [0.1, 0.15) is 37.7 Å². The second-order valence-corrected chi connectivity index (χ2v) is 7.09. The molecule has 1 unspecified atom stereocenters. The summed E-state index contributed by atoms with van der Waals surface area (Å²) in [5.74, 6) is -4.03. The Labute approximate surface area is 155 Å². The summed E-state index contributed by atoms with van der Waals surface area (Å²) < 4.78 is 51.2. The van der Waals surface area contributed by atoms with Crippen molar-refractivity contribution >= 4 is 5.91 Å². The number of methoxy groups -OCH3 is 1. The largest absolute Gasteiger partial charge is 0.481 e. The number of amides is 1. The molecule has 27 heavy (non-hydrogen) atoms. The van der Waals surface area contributed by atoms with E-state index in [1.54, 1.807) is 0 Å². The summed E-state index contributed by atoms with van der Waals surface area (Å²) in [6.45, 7) is 0.849. The van der Waals surface area contributed by atoms with Gasteiger partial charge in [0.1, 0.15) is 0 Å². The highest BCUT2D eigenvalue weighted by molar-refractivity contribution is 5.82. The van der Waals surface area contributed by atoms with Gasteiger partial charge in [0.05, 0.1) is 19.8 Å². The zero-order chi connectivity index (χ0) is 19.4. The molecule has 0 radical (unpaired) electrons. The first-order valence-electron chi connectivity index (χ1n) is 9.13. The molecule has 2 aliphatic rings. The maximum atomic E-state index is 14.3. The number of pyridine rings is 1. The van der Waals surface area contributed by atoms with Crippen molar-refractivity contribution in [2.75, 3.05) is 20.3 Å². The smallest absolute Gasteiger partial charge is 0.253 e. The Kier molecular flexibility index (Phi) is 6.08. The Morgan fingerprint density at radius 1 is 1.41 bits per heavy atom. The average molecular weight is 387 g/mol. The van der Waals surface area contributed by atoms with E-state index >= 15 is 0 Å². The molecule has 1 saturated heterocycles. The van der Waals surface area contributed by atoms with Gasteiger partial charge in [-0.2, -0.15) is 4.98 Å². The van der Waals surface area contributed by atoms with E-state index in [0.717, 1.165) is 19.4 Å². The van der Waals surface area contributed by atoms with Crippen molar-refractivity contribution in [3.63, 3.8) is 0 Å². The Balaban J connectivity index is 1.59. The number of carbonyl (C=O) groups excluding carboxylic acids is 1. The van der Waals surface area contributed by atoms with Crippen LogP contribution in [0.4, 0.5) is 13.2 Å². The van der Waals surface area contributed by atoms with Gasteiger partial charge >= 0.3 is 0 Å². The summed E-state index contributed by atoms with van der Waals surface area (Å²) in [5.41, 5.74) is 0.376. The van der Waals surface area contributed by atoms with Crippen molar-refractivity contribution in [1.82, 2.24) is 15.6 Å². The number of nitrogens with zero attached hydrogens (tertiary/aromatic N) is 1. The Morgan fingerprint density at radius 3 is 2.85 bits per heavy atom. The van der Waals surface area contributed by atoms with Gasteiger partial charge in [0.2, 0.25) is 17.7 Å². The molecule has 0 bridgehead atoms. The second-order valence-electron chi connectivity index (χ2n) is 7.09. The lowest BCUT2D eigenvalue weighted by molar-refractivity contribution is -0.122. The summed E-state index contributed by atoms with van der Waals surface area (Å²) in [7, 11) is 1.38. The van der Waals surface area contributed by atoms with Crippen molar-refractivity contribution in [1.29, 1.82) is 0 Å². The first-order valence-corrected chi connectivity index (χ1v) is 9.13. The van der Waals surface area contributed by atoms with Gasteiger partial charge in [-0.05, 0) is 37.8 Å². The predicted molar refractivity (Wildman–Crippen MR) is 91.4 cm³/mol. The number of aromatic nitrogens is 1. The van der Waals surface area contributed by atoms with Crippen molar-refractivity contribution in [2.24, 2.45) is 5.92 Å². The summed E-state index contributed by atoms with van der Waals surface area (Å²) in [5, 5.41) is 5.82. The number of halogens is 3. The minimum atomic E-state index is -2.67. The molecule has 0 aromatic carbocycles. The van der Waals surface area contributed by atoms with Crippen LogP contribution in [-0.4, -0.2) is 43.1 Å². The van der Waals surface area contributed by atoms with Gasteiger partial charge in [-0.15, -0.1) is 0 Å². The topological polar surface area (TPSA) is 72.5 Å². The fraction of sp³-hybridized carbons (Fsp3) is 0.667. The molecule has 1 saturated carbocycles. The van der Waals surface area contributed by atoms with Gasteiger partial charge in [-0.3, -0.25) is 4.79 Å². The van der Waals surface area contributed by atoms with E-state index in [2.05, 4.69) is 15.6 Å². The van der Waals surface area contributed by atoms with Crippen LogP contribution in [0.5, 0.6) is 11.8 Å². The Hall–Kier alpha value is -2.03. The SMILES string of the molecule is COc1nc(OC[C@@H]2CCC(F)(F)C2)c(F)cc1CNC(=O)C1CCCN1. The quantitative estimate of drug-likeness (QED) is 0.752. The van der Waals surface area contributed by atoms with E-state index in [1.807, 2.05) is 0 Å². The second kappa shape index (κ2) is 8.33. The van der Waals surface area contributed by atoms with Crippen LogP contribution in [0.15, 0.2) is 6.07 Å². The highest BCUT2D eigenvalue weighted by Gasteiger charge is 2.39. The number of carbonyl (C=O) groups is 1. The molecule has 0 spiro atoms. The predicted octanol–water partition coefficient (Wildman–Crippen LogP) is 2.41. The first kappa shape index (κ1) is 19.7. The highest BCUT2D eigenvalue weighted by atomic mass is 19.3. The summed E-state index contributed by atoms with van der Waals surface area (Å²) in [6, 6.07) is 0.952. The third-order valence-corrected chi connectivity index (χ3v) is 4.97. The number of hydrogen-bond acceptors (Lipinski definition) is 5. The molecule has 1 aromatic heterocycles. The normalized spacial score (nSPS) is 24.0. The molecule has 2 heterocycles. The van der Waals surface area contributed by atoms with Gasteiger partial charge in [-0.1, -0.05) is 0 Å². The molecule has 2 atom stereocenters. The molecule has 1 aliphatic heterocycles. The highest BCUT2D eigenvalue weighted by Crippen LogP contribution is 2.39. The average Bonchev–Trinajstić information content (AvgIpc) is 3.28. The summed E-state index contributed by atoms with van der Waals surface area (Å²) in [4.78, 5) is 16.0. The van der Waals surface area contributed by atoms with Crippen LogP contribution in [0.3, 0.4) is 0 Å². The number of alkyl halides is 2. The van der Waals surface area contributed by atoms with Crippen LogP contribution in [0, 0.1) is 11.7 Å². The molecule has 9 heteroatoms. The van der Waals surface area contributed by atoms with Crippen molar-refractivity contribution in [3.05, 3.63) is 17.4 Å². The summed E-state index contributed by atoms with van der Waals surface area (Å²) >= 11 is 0. The molecule has 1 aromatic rings. The standard InChI is InChI=1S/C18H24F3N3O3/c1-26-16-12(9-23-15(25)14-3-2-6-22-14)7-13(19)17(24-16)27-10-11-4-5-18(20,21)8-11/h7,11,14,22H,2-6,8-10H2,1H3,(H,23,25)/t11-,14?/m1/s1. The van der Waals surface area contributed by atoms with Gasteiger partial charge in [-0.25, -0.2) is 13.2 Å². The van der Waals surface area contributed by atoms with E-state index in [-0.39, 0.29) is 55.6 Å². The first-order chi connectivity index (χ1) is 12.9. The fourth-order valence-corrected chi connectivity index (χ4v) is 3.49. The molecule has 6 nitrogen and oxygen atoms in total. The monoisotopic (exact) mass is 387 g/mol. The molecular weight excluding hydrogens is 363 g/mol. The molecule has 1 aliphatic carbocycles. The molecule has 2 N–H and O–H groups in total. The zero-order valence-electron chi connectivity index (χ0n) is 15.2. The van der Waals surface area contributed by atoms with Gasteiger partial charge in [0.25, 0.3) is 5.88 Å². The third-order valence-electron chi connectivity index (χ3n) is 4.97. The van der Waals surface area contributed by atoms with Crippen LogP contribution < -0.4 is 20.1 Å². The third kappa shape index (κ3) is 5.03. The fourth-order valence-electron chi connectivity index (χ4n) is 3.49. The zero-order valence-corrected chi connectivity index (χ0v) is 15.2. The van der Waals surface area contributed by atoms with Crippen LogP contribution in [0.2, 0.25) is 0 Å². The van der Waals surface area contributed by atoms with E-state index < -0.39 is 11.7 Å². The van der Waals surface area contributed by atoms with Crippen molar-refractivity contribution in [3.8, 4) is 11.8 Å². The maximum Gasteiger partial charge on any atom is 0.253 e. The maximum absolute atomic E-state index is 14.3. The molecule has 2 fully saturated rings. The van der Waals surface area contributed by atoms with Crippen molar-refractivity contribution in [2.45, 2.75) is 50.6 Å². The lowest BCUT2D eigenvalue weighted by Crippen LogP contribution is -2.40. The van der Waals surface area contributed by atoms with Crippen molar-refractivity contribution < 1.29 is 27.4 Å². The molecule has 3 rings (SSSR count). The van der Waals surface area contributed by atoms with Gasteiger partial charge in [0.15, 0.2) is 5.82 Å². The minimum Gasteiger partial charge on any atom is -0.481 e. The Bertz CT molecular complexity index is 681. The number of ether oxygens (including phenoxy) is 2. The molecule has 1 amide bonds. The number of hydrogen-bond donors (Lipinski definition) is 2. The molecular formula is C18H24F3N3O3. The molecule has 150 valence electrons. The minimum absolute atomic E-state index is 0.0217. The van der Waals surface area contributed by atoms with E-state index in [1.165, 1.54) is 13.2 Å². The Morgan fingerprint density at radius 2 is 2.22 bits per heavy atom. The van der Waals surface area contributed by atoms with E-state index in [9.17, 15) is 18.0 Å². The lowest BCUT2D eigenvalue weighted by atomic mass is 10.1. The number of rotatable bonds is 7. The summed E-state index contributed by atoms with van der Waals surface area (Å²) in [6.07, 6.45) is 1.62. The van der Waals surface area contributed by atoms with Gasteiger partial charge < -0.3 is 20.1 Å². The van der Waals surface area contributed by atoms with Crippen LogP contribution in [0.25, 0.3) is 0 Å². The van der Waals surface area contributed by atoms with Crippen LogP contribution >= 0.6 is 0 Å². The number of nitrogens with one attached hydrogen (secondary N) is 2. The van der Waals surface area contributed by atoms with E-state index in [4.69, 9.17) is 9.47 Å². The lowest BCUT2D eigenvalue weighted by Gasteiger charge is -2.15.